The smallest absolute Gasteiger partial charge is 0.254 e. The number of phenols is 1. The zero-order valence-electron chi connectivity index (χ0n) is 23.4. The average Bonchev–Trinajstić information content (AvgIpc) is 3.71. The molecule has 2 fully saturated rings. The van der Waals surface area contributed by atoms with Crippen molar-refractivity contribution in [2.24, 2.45) is 5.92 Å². The number of ether oxygens (including phenoxy) is 1. The monoisotopic (exact) mass is 552 g/mol. The molecule has 4 N–H and O–H groups in total. The molecule has 3 aromatic rings. The van der Waals surface area contributed by atoms with Crippen molar-refractivity contribution < 1.29 is 24.9 Å². The van der Waals surface area contributed by atoms with Crippen LogP contribution >= 0.6 is 0 Å². The van der Waals surface area contributed by atoms with Crippen molar-refractivity contribution >= 4 is 11.6 Å². The summed E-state index contributed by atoms with van der Waals surface area (Å²) in [4.78, 5) is 16.0. The number of likely N-dealkylation sites (tertiary alicyclic amines) is 1. The van der Waals surface area contributed by atoms with Crippen molar-refractivity contribution in [2.75, 3.05) is 18.4 Å². The molecule has 0 radical (unpaired) electrons. The number of amides is 1. The van der Waals surface area contributed by atoms with Gasteiger partial charge in [0.2, 0.25) is 0 Å². The molecular weight excluding hydrogens is 516 g/mol. The number of carbonyl (C=O) groups is 1. The molecule has 212 valence electrons. The molecule has 4 aliphatic rings. The molecule has 7 heteroatoms. The van der Waals surface area contributed by atoms with Crippen molar-refractivity contribution in [3.05, 3.63) is 89.2 Å². The summed E-state index contributed by atoms with van der Waals surface area (Å²) in [5.41, 5.74) is 2.09. The fraction of sp³-hybridized carbons (Fsp3) is 0.382. The highest BCUT2D eigenvalue weighted by Crippen LogP contribution is 2.63. The molecule has 2 bridgehead atoms. The van der Waals surface area contributed by atoms with E-state index in [9.17, 15) is 20.1 Å². The van der Waals surface area contributed by atoms with Crippen LogP contribution in [-0.4, -0.2) is 57.0 Å². The number of carbonyl (C=O) groups excluding carboxylic acids is 1. The van der Waals surface area contributed by atoms with Crippen molar-refractivity contribution in [1.29, 1.82) is 0 Å². The molecular formula is C34H36N2O5. The number of aliphatic hydroxyl groups excluding tert-OH is 1. The lowest BCUT2D eigenvalue weighted by Crippen LogP contribution is -2.73. The summed E-state index contributed by atoms with van der Waals surface area (Å²) < 4.78 is 6.36. The number of hydrogen-bond acceptors (Lipinski definition) is 6. The van der Waals surface area contributed by atoms with Gasteiger partial charge in [0.1, 0.15) is 5.76 Å². The number of hydrogen-bond donors (Lipinski definition) is 4. The van der Waals surface area contributed by atoms with E-state index in [1.54, 1.807) is 13.0 Å². The van der Waals surface area contributed by atoms with Gasteiger partial charge in [-0.25, -0.2) is 0 Å². The normalized spacial score (nSPS) is 28.9. The highest BCUT2D eigenvalue weighted by atomic mass is 16.5. The Bertz CT molecular complexity index is 1560. The molecule has 1 saturated carbocycles. The Labute approximate surface area is 240 Å². The molecule has 2 aliphatic heterocycles. The van der Waals surface area contributed by atoms with E-state index in [1.165, 1.54) is 12.8 Å². The second-order valence-corrected chi connectivity index (χ2v) is 12.3. The second kappa shape index (κ2) is 9.36. The highest BCUT2D eigenvalue weighted by molar-refractivity contribution is 6.05. The van der Waals surface area contributed by atoms with E-state index in [2.05, 4.69) is 10.2 Å². The number of aliphatic hydroxyl groups is 2. The minimum Gasteiger partial charge on any atom is -0.508 e. The molecule has 2 aliphatic carbocycles. The van der Waals surface area contributed by atoms with Gasteiger partial charge < -0.3 is 25.4 Å². The van der Waals surface area contributed by atoms with Crippen LogP contribution in [0.5, 0.6) is 11.5 Å². The summed E-state index contributed by atoms with van der Waals surface area (Å²) in [7, 11) is 0. The molecule has 1 saturated heterocycles. The third-order valence-electron chi connectivity index (χ3n) is 9.97. The van der Waals surface area contributed by atoms with Crippen molar-refractivity contribution in [3.63, 3.8) is 0 Å². The number of phenolic OH excluding ortho intramolecular Hbond substituents is 1. The van der Waals surface area contributed by atoms with E-state index >= 15 is 0 Å². The number of fused-ring (bicyclic) bond motifs is 1. The van der Waals surface area contributed by atoms with Gasteiger partial charge >= 0.3 is 0 Å². The predicted octanol–water partition coefficient (Wildman–Crippen LogP) is 5.32. The Kier molecular flexibility index (Phi) is 5.96. The molecule has 7 nitrogen and oxygen atoms in total. The molecule has 0 aromatic heterocycles. The van der Waals surface area contributed by atoms with Crippen LogP contribution in [0.4, 0.5) is 5.69 Å². The van der Waals surface area contributed by atoms with Gasteiger partial charge in [-0.3, -0.25) is 9.69 Å². The third kappa shape index (κ3) is 3.90. The maximum absolute atomic E-state index is 13.6. The van der Waals surface area contributed by atoms with Crippen molar-refractivity contribution in [2.45, 2.75) is 62.7 Å². The van der Waals surface area contributed by atoms with E-state index in [-0.39, 0.29) is 23.1 Å². The number of anilines is 1. The van der Waals surface area contributed by atoms with Crippen LogP contribution in [0.1, 0.15) is 44.2 Å². The Balaban J connectivity index is 1.27. The van der Waals surface area contributed by atoms with Gasteiger partial charge in [0.05, 0.1) is 16.6 Å². The van der Waals surface area contributed by atoms with Crippen LogP contribution in [0.15, 0.2) is 78.1 Å². The molecule has 0 unspecified atom stereocenters. The average molecular weight is 553 g/mol. The minimum atomic E-state index is -1.26. The first-order chi connectivity index (χ1) is 19.7. The quantitative estimate of drug-likeness (QED) is 0.244. The van der Waals surface area contributed by atoms with E-state index < -0.39 is 23.0 Å². The predicted molar refractivity (Wildman–Crippen MR) is 157 cm³/mol. The standard InChI is InChI=1S/C34H36N2O5/c1-20(32(39)35-25-11-7-6-10-24(25)22-8-4-3-5-9-22)29(38)31-34-16-17-36(19-21-12-13-21)27(33(34,2)40)18-23-14-15-26(37)30(41-31)28(23)34/h3-11,14-15,21,27,31,37-38,40H,12-13,16-19H2,1-2H3,(H,35,39)/b29-20-/t27-,31+,33-,34+/m1/s1. The van der Waals surface area contributed by atoms with Crippen LogP contribution in [0.3, 0.4) is 0 Å². The van der Waals surface area contributed by atoms with E-state index in [0.717, 1.165) is 35.3 Å². The lowest BCUT2D eigenvalue weighted by molar-refractivity contribution is -0.153. The third-order valence-corrected chi connectivity index (χ3v) is 9.97. The first-order valence-electron chi connectivity index (χ1n) is 14.6. The van der Waals surface area contributed by atoms with Gasteiger partial charge in [0.15, 0.2) is 17.6 Å². The van der Waals surface area contributed by atoms with E-state index in [4.69, 9.17) is 4.74 Å². The summed E-state index contributed by atoms with van der Waals surface area (Å²) >= 11 is 0. The number of rotatable bonds is 6. The fourth-order valence-corrected chi connectivity index (χ4v) is 7.56. The van der Waals surface area contributed by atoms with Crippen LogP contribution in [0.2, 0.25) is 0 Å². The summed E-state index contributed by atoms with van der Waals surface area (Å²) in [5, 5.41) is 38.0. The number of nitrogens with one attached hydrogen (secondary N) is 1. The van der Waals surface area contributed by atoms with Gasteiger partial charge in [-0.15, -0.1) is 0 Å². The first kappa shape index (κ1) is 26.1. The number of piperidine rings is 1. The topological polar surface area (TPSA) is 102 Å². The zero-order valence-corrected chi connectivity index (χ0v) is 23.4. The summed E-state index contributed by atoms with van der Waals surface area (Å²) in [6.45, 7) is 5.12. The maximum Gasteiger partial charge on any atom is 0.254 e. The highest BCUT2D eigenvalue weighted by Gasteiger charge is 2.69. The number of nitrogens with zero attached hydrogens (tertiary/aromatic N) is 1. The second-order valence-electron chi connectivity index (χ2n) is 12.3. The Morgan fingerprint density at radius 2 is 1.80 bits per heavy atom. The van der Waals surface area contributed by atoms with Gasteiger partial charge in [0.25, 0.3) is 5.91 Å². The molecule has 1 spiro atoms. The lowest BCUT2D eigenvalue weighted by Gasteiger charge is -2.59. The Hall–Kier alpha value is -3.81. The van der Waals surface area contributed by atoms with Gasteiger partial charge in [-0.2, -0.15) is 0 Å². The summed E-state index contributed by atoms with van der Waals surface area (Å²) in [5.74, 6) is 0.274. The van der Waals surface area contributed by atoms with Crippen LogP contribution in [0.25, 0.3) is 11.1 Å². The molecule has 2 heterocycles. The Morgan fingerprint density at radius 3 is 2.56 bits per heavy atom. The minimum absolute atomic E-state index is 0.0213. The largest absolute Gasteiger partial charge is 0.508 e. The van der Waals surface area contributed by atoms with Gasteiger partial charge in [-0.1, -0.05) is 54.6 Å². The SMILES string of the molecule is C/C(C(=O)Nc1ccccc1-c1ccccc1)=C(/O)[C@@H]1Oc2c(O)ccc3c2[C@@]12CCN(CC1CC1)[C@H](C3)[C@@]2(C)O. The summed E-state index contributed by atoms with van der Waals surface area (Å²) in [6, 6.07) is 20.7. The van der Waals surface area contributed by atoms with E-state index in [0.29, 0.717) is 30.2 Å². The van der Waals surface area contributed by atoms with Gasteiger partial charge in [-0.05, 0) is 75.3 Å². The first-order valence-corrected chi connectivity index (χ1v) is 14.6. The lowest BCUT2D eigenvalue weighted by atomic mass is 9.53. The number of para-hydroxylation sites is 1. The molecule has 3 aromatic carbocycles. The van der Waals surface area contributed by atoms with Crippen molar-refractivity contribution in [3.8, 4) is 22.6 Å². The van der Waals surface area contributed by atoms with Crippen molar-refractivity contribution in [1.82, 2.24) is 4.90 Å². The molecule has 41 heavy (non-hydrogen) atoms. The zero-order chi connectivity index (χ0) is 28.5. The molecule has 1 amide bonds. The summed E-state index contributed by atoms with van der Waals surface area (Å²) in [6.07, 6.45) is 2.61. The van der Waals surface area contributed by atoms with Crippen LogP contribution in [0, 0.1) is 5.92 Å². The number of benzene rings is 3. The Morgan fingerprint density at radius 1 is 1.07 bits per heavy atom. The molecule has 7 rings (SSSR count). The number of aromatic hydroxyl groups is 1. The maximum atomic E-state index is 13.6. The van der Waals surface area contributed by atoms with E-state index in [1.807, 2.05) is 67.6 Å². The molecule has 4 atom stereocenters. The fourth-order valence-electron chi connectivity index (χ4n) is 7.56. The van der Waals surface area contributed by atoms with Crippen LogP contribution < -0.4 is 10.1 Å². The van der Waals surface area contributed by atoms with Crippen LogP contribution in [-0.2, 0) is 16.6 Å². The van der Waals surface area contributed by atoms with Gasteiger partial charge in [0, 0.05) is 29.4 Å².